The highest BCUT2D eigenvalue weighted by Gasteiger charge is 2.45. The van der Waals surface area contributed by atoms with Gasteiger partial charge in [0.05, 0.1) is 22.4 Å². The molecule has 0 amide bonds. The SMILES string of the molecule is O=C1c2ccccc2OC(O)C1C(c1ccccc1)c1c(O)c2ccccc2oc1=O. The van der Waals surface area contributed by atoms with Gasteiger partial charge in [0.25, 0.3) is 0 Å². The van der Waals surface area contributed by atoms with E-state index in [-0.39, 0.29) is 28.4 Å². The van der Waals surface area contributed by atoms with Crippen LogP contribution in [0.3, 0.4) is 0 Å². The number of rotatable bonds is 3. The normalized spacial score (nSPS) is 18.9. The zero-order valence-electron chi connectivity index (χ0n) is 16.3. The third kappa shape index (κ3) is 3.08. The molecule has 0 saturated carbocycles. The molecule has 31 heavy (non-hydrogen) atoms. The fourth-order valence-electron chi connectivity index (χ4n) is 4.24. The topological polar surface area (TPSA) is 97.0 Å². The minimum Gasteiger partial charge on any atom is -0.507 e. The van der Waals surface area contributed by atoms with Crippen LogP contribution in [-0.2, 0) is 0 Å². The average Bonchev–Trinajstić information content (AvgIpc) is 2.78. The molecule has 0 saturated heterocycles. The van der Waals surface area contributed by atoms with E-state index in [9.17, 15) is 19.8 Å². The van der Waals surface area contributed by atoms with E-state index in [0.717, 1.165) is 0 Å². The summed E-state index contributed by atoms with van der Waals surface area (Å²) in [7, 11) is 0. The monoisotopic (exact) mass is 414 g/mol. The maximum absolute atomic E-state index is 13.4. The fourth-order valence-corrected chi connectivity index (χ4v) is 4.24. The van der Waals surface area contributed by atoms with Gasteiger partial charge in [-0.1, -0.05) is 54.6 Å². The lowest BCUT2D eigenvalue weighted by Crippen LogP contribution is -2.42. The number of Topliss-reactive ketones (excluding diaryl/α,β-unsaturated/α-hetero) is 1. The molecule has 3 unspecified atom stereocenters. The molecule has 2 heterocycles. The van der Waals surface area contributed by atoms with E-state index >= 15 is 0 Å². The quantitative estimate of drug-likeness (QED) is 0.495. The third-order valence-corrected chi connectivity index (χ3v) is 5.66. The Balaban J connectivity index is 1.77. The highest BCUT2D eigenvalue weighted by molar-refractivity contribution is 6.02. The van der Waals surface area contributed by atoms with E-state index < -0.39 is 23.8 Å². The molecule has 0 aliphatic carbocycles. The molecule has 6 nitrogen and oxygen atoms in total. The van der Waals surface area contributed by atoms with Crippen molar-refractivity contribution in [2.24, 2.45) is 5.92 Å². The first-order valence-electron chi connectivity index (χ1n) is 9.84. The fraction of sp³-hybridized carbons (Fsp3) is 0.120. The van der Waals surface area contributed by atoms with Gasteiger partial charge in [-0.3, -0.25) is 4.79 Å². The number of aliphatic hydroxyl groups is 1. The number of benzene rings is 3. The standard InChI is InChI=1S/C25H18O6/c26-22-15-10-4-6-12-17(15)30-24(28)20(22)19(14-8-2-1-3-9-14)21-23(27)16-11-5-7-13-18(16)31-25(21)29/h1-13,19-20,24,27-28H. The van der Waals surface area contributed by atoms with Crippen LogP contribution in [0, 0.1) is 5.92 Å². The van der Waals surface area contributed by atoms with Crippen LogP contribution in [0.2, 0.25) is 0 Å². The van der Waals surface area contributed by atoms with Crippen molar-refractivity contribution in [2.45, 2.75) is 12.2 Å². The summed E-state index contributed by atoms with van der Waals surface area (Å²) in [5.41, 5.74) is 0.246. The summed E-state index contributed by atoms with van der Waals surface area (Å²) in [6, 6.07) is 22.0. The smallest absolute Gasteiger partial charge is 0.343 e. The van der Waals surface area contributed by atoms with Gasteiger partial charge in [-0.25, -0.2) is 4.79 Å². The number of aromatic hydroxyl groups is 1. The maximum atomic E-state index is 13.4. The number of hydrogen-bond donors (Lipinski definition) is 2. The number of carbonyl (C=O) groups is 1. The zero-order chi connectivity index (χ0) is 21.5. The number of carbonyl (C=O) groups excluding carboxylic acids is 1. The lowest BCUT2D eigenvalue weighted by molar-refractivity contribution is -0.0634. The molecule has 154 valence electrons. The molecule has 1 aliphatic rings. The molecule has 0 radical (unpaired) electrons. The molecule has 4 aromatic rings. The van der Waals surface area contributed by atoms with Crippen LogP contribution in [0.25, 0.3) is 11.0 Å². The lowest BCUT2D eigenvalue weighted by atomic mass is 9.75. The largest absolute Gasteiger partial charge is 0.507 e. The first-order chi connectivity index (χ1) is 15.1. The summed E-state index contributed by atoms with van der Waals surface area (Å²) in [6.45, 7) is 0. The van der Waals surface area contributed by atoms with Crippen molar-refractivity contribution in [2.75, 3.05) is 0 Å². The van der Waals surface area contributed by atoms with Gasteiger partial charge in [-0.2, -0.15) is 0 Å². The van der Waals surface area contributed by atoms with E-state index in [1.54, 1.807) is 78.9 Å². The van der Waals surface area contributed by atoms with Crippen LogP contribution >= 0.6 is 0 Å². The molecule has 1 aromatic heterocycles. The van der Waals surface area contributed by atoms with E-state index in [4.69, 9.17) is 9.15 Å². The number of ether oxygens (including phenoxy) is 1. The Bertz CT molecular complexity index is 1340. The first-order valence-corrected chi connectivity index (χ1v) is 9.84. The second-order valence-corrected chi connectivity index (χ2v) is 7.43. The maximum Gasteiger partial charge on any atom is 0.343 e. The van der Waals surface area contributed by atoms with Crippen LogP contribution in [-0.4, -0.2) is 22.3 Å². The number of para-hydroxylation sites is 2. The Kier molecular flexibility index (Phi) is 4.56. The zero-order valence-corrected chi connectivity index (χ0v) is 16.3. The highest BCUT2D eigenvalue weighted by Crippen LogP contribution is 2.43. The van der Waals surface area contributed by atoms with Crippen LogP contribution in [0.4, 0.5) is 0 Å². The average molecular weight is 414 g/mol. The number of fused-ring (bicyclic) bond motifs is 2. The summed E-state index contributed by atoms with van der Waals surface area (Å²) in [5, 5.41) is 22.2. The van der Waals surface area contributed by atoms with Gasteiger partial charge >= 0.3 is 5.63 Å². The van der Waals surface area contributed by atoms with E-state index in [2.05, 4.69) is 0 Å². The number of hydrogen-bond acceptors (Lipinski definition) is 6. The van der Waals surface area contributed by atoms with Crippen LogP contribution in [0.1, 0.15) is 27.4 Å². The van der Waals surface area contributed by atoms with Crippen molar-refractivity contribution >= 4 is 16.8 Å². The van der Waals surface area contributed by atoms with Gasteiger partial charge < -0.3 is 19.4 Å². The van der Waals surface area contributed by atoms with Crippen LogP contribution in [0.15, 0.2) is 88.1 Å². The summed E-state index contributed by atoms with van der Waals surface area (Å²) in [5.74, 6) is -2.53. The Morgan fingerprint density at radius 1 is 0.839 bits per heavy atom. The van der Waals surface area contributed by atoms with Gasteiger partial charge in [-0.05, 0) is 29.8 Å². The molecular weight excluding hydrogens is 396 g/mol. The van der Waals surface area contributed by atoms with Gasteiger partial charge in [0.2, 0.25) is 6.29 Å². The minimum absolute atomic E-state index is 0.0923. The molecule has 3 aromatic carbocycles. The van der Waals surface area contributed by atoms with Crippen LogP contribution in [0.5, 0.6) is 11.5 Å². The minimum atomic E-state index is -1.52. The second kappa shape index (κ2) is 7.41. The van der Waals surface area contributed by atoms with Crippen LogP contribution < -0.4 is 10.4 Å². The second-order valence-electron chi connectivity index (χ2n) is 7.43. The van der Waals surface area contributed by atoms with Gasteiger partial charge in [0, 0.05) is 5.92 Å². The number of aliphatic hydroxyl groups excluding tert-OH is 1. The highest BCUT2D eigenvalue weighted by atomic mass is 16.6. The lowest BCUT2D eigenvalue weighted by Gasteiger charge is -2.34. The van der Waals surface area contributed by atoms with Gasteiger partial charge in [0.15, 0.2) is 5.78 Å². The van der Waals surface area contributed by atoms with Gasteiger partial charge in [0.1, 0.15) is 17.1 Å². The van der Waals surface area contributed by atoms with Crippen molar-refractivity contribution in [1.29, 1.82) is 0 Å². The summed E-state index contributed by atoms with van der Waals surface area (Å²) in [6.07, 6.45) is -1.52. The summed E-state index contributed by atoms with van der Waals surface area (Å²) >= 11 is 0. The van der Waals surface area contributed by atoms with Crippen molar-refractivity contribution in [1.82, 2.24) is 0 Å². The molecule has 2 N–H and O–H groups in total. The molecule has 1 aliphatic heterocycles. The third-order valence-electron chi connectivity index (χ3n) is 5.66. The number of ketones is 1. The van der Waals surface area contributed by atoms with E-state index in [0.29, 0.717) is 16.5 Å². The van der Waals surface area contributed by atoms with E-state index in [1.807, 2.05) is 0 Å². The van der Waals surface area contributed by atoms with E-state index in [1.165, 1.54) is 0 Å². The molecular formula is C25H18O6. The Hall–Kier alpha value is -3.90. The van der Waals surface area contributed by atoms with Crippen molar-refractivity contribution in [3.63, 3.8) is 0 Å². The Morgan fingerprint density at radius 2 is 1.52 bits per heavy atom. The van der Waals surface area contributed by atoms with Crippen molar-refractivity contribution < 1.29 is 24.2 Å². The summed E-state index contributed by atoms with van der Waals surface area (Å²) < 4.78 is 11.1. The van der Waals surface area contributed by atoms with Crippen molar-refractivity contribution in [3.8, 4) is 11.5 Å². The first kappa shape index (κ1) is 19.1. The molecule has 0 spiro atoms. The van der Waals surface area contributed by atoms with Gasteiger partial charge in [-0.15, -0.1) is 0 Å². The molecule has 5 rings (SSSR count). The molecule has 0 bridgehead atoms. The molecule has 6 heteroatoms. The predicted octanol–water partition coefficient (Wildman–Crippen LogP) is 3.84. The molecule has 3 atom stereocenters. The van der Waals surface area contributed by atoms with Crippen molar-refractivity contribution in [3.05, 3.63) is 106 Å². The Labute approximate surface area is 177 Å². The summed E-state index contributed by atoms with van der Waals surface area (Å²) in [4.78, 5) is 26.5. The Morgan fingerprint density at radius 3 is 2.32 bits per heavy atom. The molecule has 0 fully saturated rings. The predicted molar refractivity (Wildman–Crippen MR) is 113 cm³/mol.